The van der Waals surface area contributed by atoms with E-state index in [1.807, 2.05) is 13.0 Å². The van der Waals surface area contributed by atoms with Crippen LogP contribution < -0.4 is 0 Å². The maximum absolute atomic E-state index is 13.9. The third kappa shape index (κ3) is 1.50. The Morgan fingerprint density at radius 3 is 2.59 bits per heavy atom. The molecule has 4 heteroatoms. The van der Waals surface area contributed by atoms with E-state index in [1.54, 1.807) is 6.08 Å². The Morgan fingerprint density at radius 2 is 1.86 bits per heavy atom. The molecule has 3 saturated carbocycles. The first kappa shape index (κ1) is 17.9. The summed E-state index contributed by atoms with van der Waals surface area (Å²) >= 11 is 0. The molecule has 4 fully saturated rings. The Morgan fingerprint density at radius 1 is 1.14 bits per heavy atom. The Balaban J connectivity index is 1.66. The van der Waals surface area contributed by atoms with Crippen LogP contribution in [-0.4, -0.2) is 24.1 Å². The smallest absolute Gasteiger partial charge is 0.334 e. The molecule has 1 aliphatic heterocycles. The fourth-order valence-corrected chi connectivity index (χ4v) is 9.18. The maximum Gasteiger partial charge on any atom is 0.334 e. The van der Waals surface area contributed by atoms with Crippen LogP contribution in [0, 0.1) is 44.8 Å². The van der Waals surface area contributed by atoms with Crippen LogP contribution in [-0.2, 0) is 19.1 Å². The minimum Gasteiger partial charge on any atom is -0.461 e. The van der Waals surface area contributed by atoms with Crippen LogP contribution in [0.1, 0.15) is 47.0 Å². The Labute approximate surface area is 171 Å². The average molecular weight is 392 g/mol. The molecule has 0 aromatic heterocycles. The second kappa shape index (κ2) is 4.53. The number of hydrogen-bond donors (Lipinski definition) is 0. The molecular formula is C25H28O4. The number of cyclic esters (lactones) is 1. The van der Waals surface area contributed by atoms with Gasteiger partial charge in [-0.1, -0.05) is 45.1 Å². The molecule has 6 aliphatic rings. The predicted molar refractivity (Wildman–Crippen MR) is 107 cm³/mol. The fourth-order valence-electron chi connectivity index (χ4n) is 9.18. The Hall–Kier alpha value is -1.97. The molecule has 7 atom stereocenters. The predicted octanol–water partition coefficient (Wildman–Crippen LogP) is 3.82. The van der Waals surface area contributed by atoms with Crippen molar-refractivity contribution in [2.24, 2.45) is 44.8 Å². The minimum atomic E-state index is -0.629. The van der Waals surface area contributed by atoms with Gasteiger partial charge in [-0.25, -0.2) is 4.79 Å². The summed E-state index contributed by atoms with van der Waals surface area (Å²) in [6.45, 7) is 13.2. The molecule has 5 aliphatic carbocycles. The van der Waals surface area contributed by atoms with Gasteiger partial charge in [0.15, 0.2) is 5.78 Å². The van der Waals surface area contributed by atoms with Crippen molar-refractivity contribution in [2.45, 2.75) is 47.0 Å². The standard InChI is InChI=1S/C25H28O4/c1-13-17-18-23(5)8-7-16(26)21(2,3)15(23)6-9-24(18)11-22(4,19(17)27)10-14-20(28)29-12-25(13,14)24/h7-8,10,15,17-18H,1,6,9,11-12H2,2-5H3. The minimum absolute atomic E-state index is 0.0589. The number of fused-ring (bicyclic) bond motifs is 2. The van der Waals surface area contributed by atoms with Crippen LogP contribution in [0.15, 0.2) is 36.0 Å². The van der Waals surface area contributed by atoms with Crippen LogP contribution in [0.3, 0.4) is 0 Å². The summed E-state index contributed by atoms with van der Waals surface area (Å²) in [4.78, 5) is 39.4. The second-order valence-electron chi connectivity index (χ2n) is 11.5. The lowest BCUT2D eigenvalue weighted by atomic mass is 9.36. The van der Waals surface area contributed by atoms with Gasteiger partial charge in [-0.3, -0.25) is 9.59 Å². The summed E-state index contributed by atoms with van der Waals surface area (Å²) in [5, 5.41) is 0. The lowest BCUT2D eigenvalue weighted by Crippen LogP contribution is -2.64. The molecule has 29 heavy (non-hydrogen) atoms. The van der Waals surface area contributed by atoms with E-state index in [2.05, 4.69) is 33.4 Å². The van der Waals surface area contributed by atoms with E-state index in [1.165, 1.54) is 0 Å². The number of ether oxygens (including phenoxy) is 1. The number of hydrogen-bond acceptors (Lipinski definition) is 4. The number of carbonyl (C=O) groups excluding carboxylic acids is 3. The zero-order valence-electron chi connectivity index (χ0n) is 17.6. The van der Waals surface area contributed by atoms with Crippen molar-refractivity contribution >= 4 is 17.5 Å². The van der Waals surface area contributed by atoms with Gasteiger partial charge >= 0.3 is 5.97 Å². The molecule has 152 valence electrons. The number of rotatable bonds is 0. The molecule has 0 N–H and O–H groups in total. The molecule has 3 bridgehead atoms. The largest absolute Gasteiger partial charge is 0.461 e. The first-order chi connectivity index (χ1) is 13.5. The normalized spacial score (nSPS) is 53.4. The van der Waals surface area contributed by atoms with Gasteiger partial charge < -0.3 is 4.74 Å². The van der Waals surface area contributed by atoms with Gasteiger partial charge in [0.2, 0.25) is 0 Å². The van der Waals surface area contributed by atoms with Crippen LogP contribution in [0.4, 0.5) is 0 Å². The Bertz CT molecular complexity index is 1010. The summed E-state index contributed by atoms with van der Waals surface area (Å²) < 4.78 is 5.64. The highest BCUT2D eigenvalue weighted by atomic mass is 16.5. The van der Waals surface area contributed by atoms with Gasteiger partial charge in [0.25, 0.3) is 0 Å². The first-order valence-electron chi connectivity index (χ1n) is 10.8. The quantitative estimate of drug-likeness (QED) is 0.464. The van der Waals surface area contributed by atoms with E-state index < -0.39 is 16.2 Å². The van der Waals surface area contributed by atoms with E-state index in [0.717, 1.165) is 24.8 Å². The number of esters is 1. The topological polar surface area (TPSA) is 60.4 Å². The van der Waals surface area contributed by atoms with Crippen molar-refractivity contribution in [3.05, 3.63) is 36.0 Å². The van der Waals surface area contributed by atoms with Gasteiger partial charge in [-0.05, 0) is 54.9 Å². The van der Waals surface area contributed by atoms with Gasteiger partial charge in [-0.2, -0.15) is 0 Å². The first-order valence-corrected chi connectivity index (χ1v) is 10.8. The highest BCUT2D eigenvalue weighted by molar-refractivity contribution is 6.03. The number of Topliss-reactive ketones (excluding diaryl/α,β-unsaturated/α-hetero) is 1. The summed E-state index contributed by atoms with van der Waals surface area (Å²) in [5.74, 6) is 0.0725. The molecular weight excluding hydrogens is 364 g/mol. The van der Waals surface area contributed by atoms with Crippen molar-refractivity contribution in [3.8, 4) is 0 Å². The van der Waals surface area contributed by atoms with E-state index in [-0.39, 0.29) is 46.1 Å². The van der Waals surface area contributed by atoms with Crippen LogP contribution in [0.2, 0.25) is 0 Å². The van der Waals surface area contributed by atoms with Crippen molar-refractivity contribution in [1.29, 1.82) is 0 Å². The molecule has 1 saturated heterocycles. The highest BCUT2D eigenvalue weighted by Crippen LogP contribution is 2.83. The highest BCUT2D eigenvalue weighted by Gasteiger charge is 2.82. The van der Waals surface area contributed by atoms with Gasteiger partial charge in [0, 0.05) is 22.3 Å². The summed E-state index contributed by atoms with van der Waals surface area (Å²) in [6, 6.07) is 0. The lowest BCUT2D eigenvalue weighted by Gasteiger charge is -2.65. The van der Waals surface area contributed by atoms with Gasteiger partial charge in [0.1, 0.15) is 12.4 Å². The number of carbonyl (C=O) groups is 3. The van der Waals surface area contributed by atoms with Crippen molar-refractivity contribution < 1.29 is 19.1 Å². The zero-order valence-corrected chi connectivity index (χ0v) is 17.6. The van der Waals surface area contributed by atoms with Crippen molar-refractivity contribution in [2.75, 3.05) is 6.61 Å². The third-order valence-corrected chi connectivity index (χ3v) is 10.2. The number of ketones is 2. The van der Waals surface area contributed by atoms with Crippen LogP contribution >= 0.6 is 0 Å². The summed E-state index contributed by atoms with van der Waals surface area (Å²) in [7, 11) is 0. The molecule has 0 aromatic rings. The molecule has 6 rings (SSSR count). The Kier molecular flexibility index (Phi) is 2.79. The average Bonchev–Trinajstić information content (AvgIpc) is 3.05. The zero-order chi connectivity index (χ0) is 20.8. The van der Waals surface area contributed by atoms with E-state index in [9.17, 15) is 14.4 Å². The second-order valence-corrected chi connectivity index (χ2v) is 11.5. The molecule has 4 nitrogen and oxygen atoms in total. The summed E-state index contributed by atoms with van der Waals surface area (Å²) in [5.41, 5.74) is -0.526. The fraction of sp³-hybridized carbons (Fsp3) is 0.640. The molecule has 0 radical (unpaired) electrons. The van der Waals surface area contributed by atoms with Crippen molar-refractivity contribution in [1.82, 2.24) is 0 Å². The third-order valence-electron chi connectivity index (χ3n) is 10.2. The molecule has 2 spiro atoms. The van der Waals surface area contributed by atoms with Gasteiger partial charge in [0.05, 0.1) is 5.41 Å². The molecule has 0 aromatic carbocycles. The lowest BCUT2D eigenvalue weighted by molar-refractivity contribution is -0.171. The monoisotopic (exact) mass is 392 g/mol. The van der Waals surface area contributed by atoms with E-state index in [4.69, 9.17) is 4.74 Å². The molecule has 0 amide bonds. The maximum atomic E-state index is 13.9. The van der Waals surface area contributed by atoms with Crippen molar-refractivity contribution in [3.63, 3.8) is 0 Å². The molecule has 1 heterocycles. The van der Waals surface area contributed by atoms with E-state index >= 15 is 0 Å². The summed E-state index contributed by atoms with van der Waals surface area (Å²) in [6.07, 6.45) is 8.36. The molecule has 7 unspecified atom stereocenters. The van der Waals surface area contributed by atoms with E-state index in [0.29, 0.717) is 12.2 Å². The number of allylic oxidation sites excluding steroid dienone is 3. The van der Waals surface area contributed by atoms with Crippen LogP contribution in [0.25, 0.3) is 0 Å². The van der Waals surface area contributed by atoms with Crippen LogP contribution in [0.5, 0.6) is 0 Å². The van der Waals surface area contributed by atoms with Gasteiger partial charge in [-0.15, -0.1) is 0 Å². The SMILES string of the molecule is C=C1C2C(=O)C3(C)C=C4C(=O)OCC14C1(CCC4C(C)(C)C(=O)C=CC4(C)C21)C3.